The van der Waals surface area contributed by atoms with Crippen molar-refractivity contribution in [1.29, 1.82) is 5.26 Å². The Morgan fingerprint density at radius 2 is 1.94 bits per heavy atom. The molecule has 1 aliphatic carbocycles. The topological polar surface area (TPSA) is 91.9 Å². The van der Waals surface area contributed by atoms with Gasteiger partial charge in [0, 0.05) is 36.2 Å². The SMILES string of the molecule is [B]c1nc(Nc2ccc(N3CCOCC3)cc2)nc(-c2cnn(CC3(C#N)CC3)c2)c1C. The van der Waals surface area contributed by atoms with Crippen LogP contribution in [0.1, 0.15) is 18.4 Å². The van der Waals surface area contributed by atoms with E-state index in [0.717, 1.165) is 61.7 Å². The van der Waals surface area contributed by atoms with E-state index in [-0.39, 0.29) is 5.41 Å². The molecule has 32 heavy (non-hydrogen) atoms. The first-order valence-electron chi connectivity index (χ1n) is 10.8. The maximum atomic E-state index is 9.35. The highest BCUT2D eigenvalue weighted by Crippen LogP contribution is 2.46. The number of nitrogens with zero attached hydrogens (tertiary/aromatic N) is 6. The highest BCUT2D eigenvalue weighted by Gasteiger charge is 2.43. The molecule has 0 bridgehead atoms. The van der Waals surface area contributed by atoms with Crippen molar-refractivity contribution in [2.75, 3.05) is 36.5 Å². The standard InChI is InChI=1S/C23H24BN7O/c1-16-20(17-12-26-31(13-17)15-23(14-25)6-7-23)28-22(29-21(16)24)27-18-2-4-19(5-3-18)30-8-10-32-11-9-30/h2-5,12-13H,6-11,15H2,1H3,(H,27,28,29). The minimum Gasteiger partial charge on any atom is -0.378 e. The van der Waals surface area contributed by atoms with Crippen molar-refractivity contribution in [2.24, 2.45) is 5.41 Å². The summed E-state index contributed by atoms with van der Waals surface area (Å²) >= 11 is 0. The van der Waals surface area contributed by atoms with Crippen LogP contribution >= 0.6 is 0 Å². The lowest BCUT2D eigenvalue weighted by Gasteiger charge is -2.28. The summed E-state index contributed by atoms with van der Waals surface area (Å²) in [5.41, 5.74) is 4.61. The van der Waals surface area contributed by atoms with Gasteiger partial charge < -0.3 is 15.0 Å². The van der Waals surface area contributed by atoms with Crippen LogP contribution in [-0.4, -0.2) is 53.9 Å². The van der Waals surface area contributed by atoms with E-state index in [4.69, 9.17) is 17.6 Å². The van der Waals surface area contributed by atoms with Gasteiger partial charge in [-0.25, -0.2) is 9.97 Å². The van der Waals surface area contributed by atoms with Gasteiger partial charge in [-0.3, -0.25) is 4.68 Å². The van der Waals surface area contributed by atoms with Crippen LogP contribution < -0.4 is 15.8 Å². The summed E-state index contributed by atoms with van der Waals surface area (Å²) in [5.74, 6) is 0.436. The number of morpholine rings is 1. The molecule has 0 spiro atoms. The Hall–Kier alpha value is -3.38. The molecule has 2 fully saturated rings. The molecule has 9 heteroatoms. The lowest BCUT2D eigenvalue weighted by Crippen LogP contribution is -2.36. The molecule has 1 N–H and O–H groups in total. The summed E-state index contributed by atoms with van der Waals surface area (Å²) in [6, 6.07) is 10.6. The zero-order valence-electron chi connectivity index (χ0n) is 18.1. The van der Waals surface area contributed by atoms with E-state index in [9.17, 15) is 5.26 Å². The molecule has 2 aromatic heterocycles. The Balaban J connectivity index is 1.35. The number of aromatic nitrogens is 4. The number of rotatable bonds is 6. The van der Waals surface area contributed by atoms with E-state index in [0.29, 0.717) is 18.1 Å². The summed E-state index contributed by atoms with van der Waals surface area (Å²) in [6.45, 7) is 5.82. The van der Waals surface area contributed by atoms with Crippen LogP contribution in [0.15, 0.2) is 36.7 Å². The number of anilines is 3. The zero-order chi connectivity index (χ0) is 22.1. The molecule has 8 nitrogen and oxygen atoms in total. The molecule has 2 aliphatic rings. The monoisotopic (exact) mass is 425 g/mol. The molecule has 1 aromatic carbocycles. The Bertz CT molecular complexity index is 1160. The van der Waals surface area contributed by atoms with E-state index in [2.05, 4.69) is 38.5 Å². The Kier molecular flexibility index (Phi) is 5.31. The highest BCUT2D eigenvalue weighted by atomic mass is 16.5. The van der Waals surface area contributed by atoms with Gasteiger partial charge in [0.25, 0.3) is 0 Å². The summed E-state index contributed by atoms with van der Waals surface area (Å²) in [6.07, 6.45) is 5.55. The predicted molar refractivity (Wildman–Crippen MR) is 123 cm³/mol. The molecule has 1 saturated heterocycles. The fourth-order valence-electron chi connectivity index (χ4n) is 3.92. The van der Waals surface area contributed by atoms with Crippen molar-refractivity contribution in [2.45, 2.75) is 26.3 Å². The average molecular weight is 425 g/mol. The van der Waals surface area contributed by atoms with Crippen molar-refractivity contribution >= 4 is 30.8 Å². The predicted octanol–water partition coefficient (Wildman–Crippen LogP) is 2.33. The summed E-state index contributed by atoms with van der Waals surface area (Å²) < 4.78 is 7.24. The van der Waals surface area contributed by atoms with Crippen molar-refractivity contribution in [3.63, 3.8) is 0 Å². The summed E-state index contributed by atoms with van der Waals surface area (Å²) in [7, 11) is 6.19. The number of hydrogen-bond donors (Lipinski definition) is 1. The molecule has 3 heterocycles. The van der Waals surface area contributed by atoms with E-state index < -0.39 is 0 Å². The Morgan fingerprint density at radius 1 is 1.19 bits per heavy atom. The first-order chi connectivity index (χ1) is 15.5. The van der Waals surface area contributed by atoms with Gasteiger partial charge in [0.2, 0.25) is 5.95 Å². The van der Waals surface area contributed by atoms with Gasteiger partial charge in [-0.2, -0.15) is 10.4 Å². The molecule has 1 aliphatic heterocycles. The molecule has 5 rings (SSSR count). The minimum atomic E-state index is -0.261. The van der Waals surface area contributed by atoms with Gasteiger partial charge in [0.15, 0.2) is 0 Å². The van der Waals surface area contributed by atoms with E-state index >= 15 is 0 Å². The molecule has 1 saturated carbocycles. The highest BCUT2D eigenvalue weighted by molar-refractivity contribution is 6.32. The molecule has 160 valence electrons. The second-order valence-corrected chi connectivity index (χ2v) is 8.50. The third-order valence-electron chi connectivity index (χ3n) is 6.15. The minimum absolute atomic E-state index is 0.261. The van der Waals surface area contributed by atoms with Crippen LogP contribution in [0.5, 0.6) is 0 Å². The second kappa shape index (κ2) is 8.28. The fourth-order valence-corrected chi connectivity index (χ4v) is 3.92. The Labute approximate surface area is 188 Å². The first-order valence-corrected chi connectivity index (χ1v) is 10.8. The normalized spacial score (nSPS) is 17.1. The van der Waals surface area contributed by atoms with Crippen LogP contribution in [0, 0.1) is 23.7 Å². The Morgan fingerprint density at radius 3 is 2.62 bits per heavy atom. The molecular weight excluding hydrogens is 401 g/mol. The largest absolute Gasteiger partial charge is 0.378 e. The molecule has 0 unspecified atom stereocenters. The van der Waals surface area contributed by atoms with Crippen LogP contribution in [0.25, 0.3) is 11.3 Å². The van der Waals surface area contributed by atoms with Gasteiger partial charge in [0.05, 0.1) is 43.1 Å². The van der Waals surface area contributed by atoms with Crippen molar-refractivity contribution in [3.8, 4) is 17.3 Å². The first kappa shape index (κ1) is 20.5. The van der Waals surface area contributed by atoms with Crippen LogP contribution in [0.3, 0.4) is 0 Å². The maximum absolute atomic E-state index is 9.35. The zero-order valence-corrected chi connectivity index (χ0v) is 18.1. The van der Waals surface area contributed by atoms with Crippen molar-refractivity contribution < 1.29 is 4.74 Å². The molecular formula is C23H24BN7O. The van der Waals surface area contributed by atoms with Crippen molar-refractivity contribution in [1.82, 2.24) is 19.7 Å². The lowest BCUT2D eigenvalue weighted by atomic mass is 9.96. The number of benzene rings is 1. The lowest BCUT2D eigenvalue weighted by molar-refractivity contribution is 0.122. The number of nitrogens with one attached hydrogen (secondary N) is 1. The molecule has 3 aromatic rings. The quantitative estimate of drug-likeness (QED) is 0.606. The molecule has 2 radical (unpaired) electrons. The van der Waals surface area contributed by atoms with Crippen molar-refractivity contribution in [3.05, 3.63) is 42.2 Å². The maximum Gasteiger partial charge on any atom is 0.227 e. The van der Waals surface area contributed by atoms with Crippen LogP contribution in [-0.2, 0) is 11.3 Å². The smallest absolute Gasteiger partial charge is 0.227 e. The van der Waals surface area contributed by atoms with E-state index in [1.807, 2.05) is 29.9 Å². The van der Waals surface area contributed by atoms with E-state index in [1.165, 1.54) is 5.69 Å². The van der Waals surface area contributed by atoms with Gasteiger partial charge in [-0.1, -0.05) is 0 Å². The third kappa shape index (κ3) is 4.19. The van der Waals surface area contributed by atoms with Gasteiger partial charge in [0.1, 0.15) is 7.85 Å². The van der Waals surface area contributed by atoms with Crippen LogP contribution in [0.4, 0.5) is 17.3 Å². The summed E-state index contributed by atoms with van der Waals surface area (Å²) in [5, 5.41) is 17.0. The van der Waals surface area contributed by atoms with Gasteiger partial charge in [-0.05, 0) is 55.2 Å². The van der Waals surface area contributed by atoms with Crippen LogP contribution in [0.2, 0.25) is 0 Å². The second-order valence-electron chi connectivity index (χ2n) is 8.50. The van der Waals surface area contributed by atoms with Gasteiger partial charge >= 0.3 is 0 Å². The molecule has 0 atom stereocenters. The van der Waals surface area contributed by atoms with E-state index in [1.54, 1.807) is 6.20 Å². The number of nitriles is 1. The fraction of sp³-hybridized carbons (Fsp3) is 0.391. The molecule has 0 amide bonds. The number of ether oxygens (including phenoxy) is 1. The number of hydrogen-bond acceptors (Lipinski definition) is 7. The average Bonchev–Trinajstić information content (AvgIpc) is 3.44. The van der Waals surface area contributed by atoms with Gasteiger partial charge in [-0.15, -0.1) is 0 Å². The third-order valence-corrected chi connectivity index (χ3v) is 6.15. The summed E-state index contributed by atoms with van der Waals surface area (Å²) in [4.78, 5) is 11.4.